The maximum Gasteiger partial charge on any atom is 0.240 e. The number of carbonyl (C=O) groups is 2. The number of carbonyl (C=O) groups excluding carboxylic acids is 2. The van der Waals surface area contributed by atoms with Crippen LogP contribution in [0.25, 0.3) is 21.8 Å². The second-order valence-corrected chi connectivity index (χ2v) is 10.8. The molecule has 1 N–H and O–H groups in total. The Morgan fingerprint density at radius 3 is 1.92 bits per heavy atom. The van der Waals surface area contributed by atoms with Crippen molar-refractivity contribution in [3.63, 3.8) is 0 Å². The Morgan fingerprint density at radius 1 is 0.811 bits per heavy atom. The third kappa shape index (κ3) is 6.50. The van der Waals surface area contributed by atoms with Crippen molar-refractivity contribution in [2.75, 3.05) is 13.1 Å². The van der Waals surface area contributed by atoms with Crippen LogP contribution in [0, 0.1) is 0 Å². The zero-order valence-corrected chi connectivity index (χ0v) is 23.2. The summed E-state index contributed by atoms with van der Waals surface area (Å²) in [6, 6.07) is 21.4. The summed E-state index contributed by atoms with van der Waals surface area (Å²) < 4.78 is 4.70. The van der Waals surface area contributed by atoms with E-state index in [9.17, 15) is 9.59 Å². The molecule has 37 heavy (non-hydrogen) atoms. The molecule has 6 nitrogen and oxygen atoms in total. The number of alkyl halides is 2. The van der Waals surface area contributed by atoms with Gasteiger partial charge in [0.1, 0.15) is 10.8 Å². The number of nitrogens with zero attached hydrogens (tertiary/aromatic N) is 3. The second kappa shape index (κ2) is 12.4. The minimum absolute atomic E-state index is 0.0215. The zero-order chi connectivity index (χ0) is 26.5. The van der Waals surface area contributed by atoms with Crippen molar-refractivity contribution in [1.29, 1.82) is 0 Å². The molecule has 0 saturated carbocycles. The highest BCUT2D eigenvalue weighted by molar-refractivity contribution is 6.69. The van der Waals surface area contributed by atoms with Crippen LogP contribution in [0.3, 0.4) is 0 Å². The lowest BCUT2D eigenvalue weighted by Crippen LogP contribution is -2.41. The normalized spacial score (nSPS) is 16.0. The second-order valence-electron chi connectivity index (χ2n) is 9.16. The molecule has 0 radical (unpaired) electrons. The topological polar surface area (TPSA) is 59.3 Å². The summed E-state index contributed by atoms with van der Waals surface area (Å²) in [7, 11) is 0. The summed E-state index contributed by atoms with van der Waals surface area (Å²) in [4.78, 5) is 23.5. The van der Waals surface area contributed by atoms with E-state index in [-0.39, 0.29) is 5.91 Å². The molecule has 6 rings (SSSR count). The van der Waals surface area contributed by atoms with Gasteiger partial charge in [0.2, 0.25) is 11.1 Å². The number of fused-ring (bicyclic) bond motifs is 6. The van der Waals surface area contributed by atoms with Gasteiger partial charge in [0.25, 0.3) is 0 Å². The molecular weight excluding hydrogens is 531 g/mol. The predicted octanol–water partition coefficient (Wildman–Crippen LogP) is 5.73. The summed E-state index contributed by atoms with van der Waals surface area (Å²) in [5.74, 6) is 0.0215. The first kappa shape index (κ1) is 27.5. The molecule has 0 spiro atoms. The number of hydrogen-bond donors (Lipinski definition) is 1. The van der Waals surface area contributed by atoms with Gasteiger partial charge in [-0.2, -0.15) is 0 Å². The molecule has 2 aliphatic rings. The Hall–Kier alpha value is -2.51. The van der Waals surface area contributed by atoms with Gasteiger partial charge < -0.3 is 19.4 Å². The van der Waals surface area contributed by atoms with E-state index in [1.54, 1.807) is 6.92 Å². The Bertz CT molecular complexity index is 1390. The van der Waals surface area contributed by atoms with Crippen LogP contribution in [0.1, 0.15) is 25.2 Å². The minimum Gasteiger partial charge on any atom is -0.342 e. The van der Waals surface area contributed by atoms with Gasteiger partial charge in [0.05, 0.1) is 6.54 Å². The first-order valence-corrected chi connectivity index (χ1v) is 13.6. The van der Waals surface area contributed by atoms with E-state index in [4.69, 9.17) is 34.8 Å². The van der Waals surface area contributed by atoms with E-state index in [0.717, 1.165) is 32.7 Å². The summed E-state index contributed by atoms with van der Waals surface area (Å²) in [6.07, 6.45) is 0. The first-order chi connectivity index (χ1) is 17.8. The van der Waals surface area contributed by atoms with Gasteiger partial charge in [-0.25, -0.2) is 0 Å². The van der Waals surface area contributed by atoms with Crippen LogP contribution in [0.2, 0.25) is 0 Å². The van der Waals surface area contributed by atoms with Crippen molar-refractivity contribution < 1.29 is 9.59 Å². The smallest absolute Gasteiger partial charge is 0.240 e. The van der Waals surface area contributed by atoms with Crippen LogP contribution < -0.4 is 5.32 Å². The number of aromatic nitrogens is 2. The highest BCUT2D eigenvalue weighted by Crippen LogP contribution is 2.24. The van der Waals surface area contributed by atoms with Crippen LogP contribution in [0.4, 0.5) is 0 Å². The van der Waals surface area contributed by atoms with E-state index in [2.05, 4.69) is 63.0 Å². The SMILES string of the molecule is CC(Cl)C(=O)Cl.CC(Cl)C(=O)N1CCn2c(cc3ccccc32)C1.c1ccc2c(c1)cc1n2CCNC1. The molecule has 9 heteroatoms. The molecular formula is C28H31Cl3N4O2. The molecule has 4 heterocycles. The number of halogens is 3. The highest BCUT2D eigenvalue weighted by Gasteiger charge is 2.24. The molecule has 1 amide bonds. The third-order valence-corrected chi connectivity index (χ3v) is 7.35. The summed E-state index contributed by atoms with van der Waals surface area (Å²) in [5.41, 5.74) is 5.22. The first-order valence-electron chi connectivity index (χ1n) is 12.4. The highest BCUT2D eigenvalue weighted by atomic mass is 35.5. The predicted molar refractivity (Wildman–Crippen MR) is 152 cm³/mol. The average molecular weight is 562 g/mol. The maximum atomic E-state index is 11.9. The fraction of sp³-hybridized carbons (Fsp3) is 0.357. The summed E-state index contributed by atoms with van der Waals surface area (Å²) in [6.45, 7) is 8.69. The van der Waals surface area contributed by atoms with Crippen molar-refractivity contribution in [2.24, 2.45) is 0 Å². The number of amides is 1. The lowest BCUT2D eigenvalue weighted by Gasteiger charge is -2.29. The molecule has 2 aliphatic heterocycles. The lowest BCUT2D eigenvalue weighted by atomic mass is 10.2. The largest absolute Gasteiger partial charge is 0.342 e. The Balaban J connectivity index is 0.000000147. The molecule has 4 aromatic rings. The van der Waals surface area contributed by atoms with Gasteiger partial charge in [0, 0.05) is 55.1 Å². The Labute approximate surface area is 232 Å². The summed E-state index contributed by atoms with van der Waals surface area (Å²) in [5, 5.41) is 4.48. The molecule has 196 valence electrons. The van der Waals surface area contributed by atoms with Gasteiger partial charge in [-0.3, -0.25) is 9.59 Å². The van der Waals surface area contributed by atoms with Gasteiger partial charge >= 0.3 is 0 Å². The number of benzene rings is 2. The molecule has 2 unspecified atom stereocenters. The zero-order valence-electron chi connectivity index (χ0n) is 21.0. The van der Waals surface area contributed by atoms with Gasteiger partial charge in [-0.15, -0.1) is 23.2 Å². The maximum absolute atomic E-state index is 11.9. The molecule has 2 atom stereocenters. The Morgan fingerprint density at radius 2 is 1.35 bits per heavy atom. The van der Waals surface area contributed by atoms with E-state index < -0.39 is 16.0 Å². The van der Waals surface area contributed by atoms with E-state index in [1.807, 2.05) is 17.0 Å². The molecule has 2 aromatic heterocycles. The summed E-state index contributed by atoms with van der Waals surface area (Å²) >= 11 is 15.8. The van der Waals surface area contributed by atoms with E-state index >= 15 is 0 Å². The van der Waals surface area contributed by atoms with Crippen LogP contribution in [-0.2, 0) is 35.8 Å². The quantitative estimate of drug-likeness (QED) is 0.251. The van der Waals surface area contributed by atoms with Crippen molar-refractivity contribution in [3.05, 3.63) is 72.1 Å². The van der Waals surface area contributed by atoms with Gasteiger partial charge in [-0.1, -0.05) is 36.4 Å². The van der Waals surface area contributed by atoms with Gasteiger partial charge in [-0.05, 0) is 60.5 Å². The minimum atomic E-state index is -0.549. The van der Waals surface area contributed by atoms with Gasteiger partial charge in [0.15, 0.2) is 0 Å². The van der Waals surface area contributed by atoms with Crippen LogP contribution in [-0.4, -0.2) is 49.0 Å². The monoisotopic (exact) mass is 560 g/mol. The molecule has 0 saturated heterocycles. The van der Waals surface area contributed by atoms with E-state index in [1.165, 1.54) is 40.1 Å². The standard InChI is InChI=1S/C14H15ClN2O.C11H12N2.C3H4Cl2O/c1-10(15)14(18)16-6-7-17-12(9-16)8-11-4-2-3-5-13(11)17;1-2-4-11-9(3-1)7-10-8-12-5-6-13(10)11;1-2(4)3(5)6/h2-5,8,10H,6-7,9H2,1H3;1-4,7,12H,5-6,8H2;2H,1H3. The van der Waals surface area contributed by atoms with Crippen LogP contribution >= 0.6 is 34.8 Å². The van der Waals surface area contributed by atoms with Crippen molar-refractivity contribution >= 4 is 67.8 Å². The number of para-hydroxylation sites is 2. The fourth-order valence-corrected chi connectivity index (χ4v) is 4.82. The number of hydrogen-bond acceptors (Lipinski definition) is 3. The van der Waals surface area contributed by atoms with Crippen LogP contribution in [0.5, 0.6) is 0 Å². The molecule has 0 aliphatic carbocycles. The van der Waals surface area contributed by atoms with E-state index in [0.29, 0.717) is 6.54 Å². The van der Waals surface area contributed by atoms with Crippen LogP contribution in [0.15, 0.2) is 60.7 Å². The molecule has 2 aromatic carbocycles. The number of rotatable bonds is 2. The molecule has 0 fully saturated rings. The van der Waals surface area contributed by atoms with Crippen molar-refractivity contribution in [2.45, 2.75) is 50.8 Å². The average Bonchev–Trinajstić information content (AvgIpc) is 3.46. The Kier molecular flexibility index (Phi) is 9.19. The van der Waals surface area contributed by atoms with Crippen molar-refractivity contribution in [3.8, 4) is 0 Å². The molecule has 0 bridgehead atoms. The third-order valence-electron chi connectivity index (χ3n) is 6.52. The lowest BCUT2D eigenvalue weighted by molar-refractivity contribution is -0.131. The fourth-order valence-electron chi connectivity index (χ4n) is 4.68. The number of nitrogens with one attached hydrogen (secondary N) is 1. The van der Waals surface area contributed by atoms with Crippen molar-refractivity contribution in [1.82, 2.24) is 19.4 Å².